The topological polar surface area (TPSA) is 112 Å². The van der Waals surface area contributed by atoms with Gasteiger partial charge in [-0.2, -0.15) is 0 Å². The van der Waals surface area contributed by atoms with Gasteiger partial charge in [-0.3, -0.25) is 9.79 Å². The van der Waals surface area contributed by atoms with E-state index in [1.165, 1.54) is 0 Å². The molecule has 1 unspecified atom stereocenters. The first kappa shape index (κ1) is 22.9. The Kier molecular flexibility index (Phi) is 10.0. The molecule has 2 saturated heterocycles. The largest absolute Gasteiger partial charge is 0.377 e. The van der Waals surface area contributed by atoms with E-state index in [0.29, 0.717) is 38.6 Å². The van der Waals surface area contributed by atoms with Crippen molar-refractivity contribution in [3.8, 4) is 0 Å². The highest BCUT2D eigenvalue weighted by molar-refractivity contribution is 7.89. The summed E-state index contributed by atoms with van der Waals surface area (Å²) in [5.41, 5.74) is 0. The molecule has 0 aromatic carbocycles. The fraction of sp³-hybridized carbons (Fsp3) is 0.889. The molecule has 1 atom stereocenters. The third-order valence-corrected chi connectivity index (χ3v) is 6.19. The second-order valence-corrected chi connectivity index (χ2v) is 9.11. The number of hydrogen-bond acceptors (Lipinski definition) is 5. The maximum absolute atomic E-state index is 12.1. The van der Waals surface area contributed by atoms with E-state index >= 15 is 0 Å². The Balaban J connectivity index is 1.65. The maximum atomic E-state index is 12.1. The van der Waals surface area contributed by atoms with Crippen LogP contribution in [0.25, 0.3) is 0 Å². The first-order valence-corrected chi connectivity index (χ1v) is 12.0. The fourth-order valence-corrected chi connectivity index (χ4v) is 4.25. The number of rotatable bonds is 11. The lowest BCUT2D eigenvalue weighted by Crippen LogP contribution is -2.42. The number of ether oxygens (including phenoxy) is 1. The summed E-state index contributed by atoms with van der Waals surface area (Å²) < 4.78 is 32.5. The van der Waals surface area contributed by atoms with Gasteiger partial charge in [0.25, 0.3) is 0 Å². The zero-order valence-corrected chi connectivity index (χ0v) is 17.7. The molecule has 0 bridgehead atoms. The average Bonchev–Trinajstić information content (AvgIpc) is 3.09. The quantitative estimate of drug-likeness (QED) is 0.249. The second-order valence-electron chi connectivity index (χ2n) is 7.18. The number of amides is 1. The highest BCUT2D eigenvalue weighted by Gasteiger charge is 2.19. The van der Waals surface area contributed by atoms with Crippen molar-refractivity contribution in [2.45, 2.75) is 51.6 Å². The summed E-state index contributed by atoms with van der Waals surface area (Å²) in [5.74, 6) is 0.804. The minimum atomic E-state index is -3.35. The number of hydrogen-bond donors (Lipinski definition) is 3. The van der Waals surface area contributed by atoms with E-state index in [0.717, 1.165) is 45.2 Å². The molecule has 3 N–H and O–H groups in total. The lowest BCUT2D eigenvalue weighted by molar-refractivity contribution is -0.127. The molecule has 0 aliphatic carbocycles. The van der Waals surface area contributed by atoms with E-state index in [-0.39, 0.29) is 24.3 Å². The molecule has 2 fully saturated rings. The Morgan fingerprint density at radius 1 is 1.29 bits per heavy atom. The van der Waals surface area contributed by atoms with Crippen molar-refractivity contribution in [2.24, 2.45) is 4.99 Å². The SMILES string of the molecule is CCNC(=NCCCN1CCCC1=O)NCCS(=O)(=O)NCC1CCCCO1. The lowest BCUT2D eigenvalue weighted by atomic mass is 10.1. The number of nitrogens with one attached hydrogen (secondary N) is 3. The Hall–Kier alpha value is -1.39. The molecule has 0 aromatic heterocycles. The summed E-state index contributed by atoms with van der Waals surface area (Å²) in [6.45, 7) is 6.14. The van der Waals surface area contributed by atoms with Crippen LogP contribution in [0.2, 0.25) is 0 Å². The van der Waals surface area contributed by atoms with Crippen molar-refractivity contribution >= 4 is 21.9 Å². The van der Waals surface area contributed by atoms with Gasteiger partial charge >= 0.3 is 0 Å². The van der Waals surface area contributed by atoms with Crippen LogP contribution in [0.15, 0.2) is 4.99 Å². The molecule has 0 spiro atoms. The van der Waals surface area contributed by atoms with E-state index in [9.17, 15) is 13.2 Å². The number of sulfonamides is 1. The van der Waals surface area contributed by atoms with Gasteiger partial charge < -0.3 is 20.3 Å². The molecule has 2 aliphatic heterocycles. The van der Waals surface area contributed by atoms with E-state index in [4.69, 9.17) is 4.74 Å². The van der Waals surface area contributed by atoms with Gasteiger partial charge in [-0.15, -0.1) is 0 Å². The van der Waals surface area contributed by atoms with Gasteiger partial charge in [0.15, 0.2) is 5.96 Å². The number of nitrogens with zero attached hydrogens (tertiary/aromatic N) is 2. The number of aliphatic imine (C=N–C) groups is 1. The summed E-state index contributed by atoms with van der Waals surface area (Å²) in [4.78, 5) is 17.9. The molecule has 0 radical (unpaired) electrons. The van der Waals surface area contributed by atoms with Crippen molar-refractivity contribution in [3.05, 3.63) is 0 Å². The fourth-order valence-electron chi connectivity index (χ4n) is 3.30. The maximum Gasteiger partial charge on any atom is 0.222 e. The number of likely N-dealkylation sites (tertiary alicyclic amines) is 1. The molecule has 9 nitrogen and oxygen atoms in total. The normalized spacial score (nSPS) is 21.2. The highest BCUT2D eigenvalue weighted by atomic mass is 32.2. The van der Waals surface area contributed by atoms with Crippen LogP contribution in [0.5, 0.6) is 0 Å². The van der Waals surface area contributed by atoms with Crippen LogP contribution >= 0.6 is 0 Å². The summed E-state index contributed by atoms with van der Waals surface area (Å²) in [7, 11) is -3.35. The van der Waals surface area contributed by atoms with E-state index in [1.807, 2.05) is 11.8 Å². The first-order valence-electron chi connectivity index (χ1n) is 10.4. The van der Waals surface area contributed by atoms with Crippen LogP contribution in [0.4, 0.5) is 0 Å². The van der Waals surface area contributed by atoms with Crippen LogP contribution in [0, 0.1) is 0 Å². The third-order valence-electron chi connectivity index (χ3n) is 4.84. The third kappa shape index (κ3) is 8.74. The van der Waals surface area contributed by atoms with E-state index < -0.39 is 10.0 Å². The van der Waals surface area contributed by atoms with Crippen molar-refractivity contribution in [1.82, 2.24) is 20.3 Å². The molecule has 162 valence electrons. The zero-order chi connectivity index (χ0) is 20.2. The molecular formula is C18H35N5O4S. The highest BCUT2D eigenvalue weighted by Crippen LogP contribution is 2.12. The Morgan fingerprint density at radius 3 is 2.82 bits per heavy atom. The van der Waals surface area contributed by atoms with Crippen LogP contribution in [0.3, 0.4) is 0 Å². The van der Waals surface area contributed by atoms with Crippen molar-refractivity contribution in [2.75, 3.05) is 51.6 Å². The minimum absolute atomic E-state index is 0.0159. The van der Waals surface area contributed by atoms with Crippen molar-refractivity contribution < 1.29 is 17.9 Å². The number of carbonyl (C=O) groups excluding carboxylic acids is 1. The van der Waals surface area contributed by atoms with E-state index in [2.05, 4.69) is 20.3 Å². The van der Waals surface area contributed by atoms with Crippen LogP contribution < -0.4 is 15.4 Å². The number of guanidine groups is 1. The standard InChI is InChI=1S/C18H35N5O4S/c1-2-19-18(20-9-6-12-23-11-5-8-17(23)24)21-10-14-28(25,26)22-15-16-7-3-4-13-27-16/h16,22H,2-15H2,1H3,(H2,19,20,21). The molecule has 2 aliphatic rings. The Labute approximate surface area is 168 Å². The molecule has 2 rings (SSSR count). The summed E-state index contributed by atoms with van der Waals surface area (Å²) in [5, 5.41) is 6.17. The minimum Gasteiger partial charge on any atom is -0.377 e. The van der Waals surface area contributed by atoms with Gasteiger partial charge in [0.1, 0.15) is 0 Å². The molecule has 0 aromatic rings. The first-order chi connectivity index (χ1) is 13.5. The Bertz CT molecular complexity index is 605. The summed E-state index contributed by atoms with van der Waals surface area (Å²) in [6, 6.07) is 0. The van der Waals surface area contributed by atoms with Crippen molar-refractivity contribution in [1.29, 1.82) is 0 Å². The van der Waals surface area contributed by atoms with Crippen LogP contribution in [-0.2, 0) is 19.6 Å². The molecule has 1 amide bonds. The van der Waals surface area contributed by atoms with Gasteiger partial charge in [-0.05, 0) is 39.0 Å². The molecule has 2 heterocycles. The van der Waals surface area contributed by atoms with Crippen molar-refractivity contribution in [3.63, 3.8) is 0 Å². The molecule has 0 saturated carbocycles. The van der Waals surface area contributed by atoms with Crippen LogP contribution in [0.1, 0.15) is 45.4 Å². The van der Waals surface area contributed by atoms with Crippen LogP contribution in [-0.4, -0.2) is 82.9 Å². The predicted molar refractivity (Wildman–Crippen MR) is 110 cm³/mol. The second kappa shape index (κ2) is 12.2. The smallest absolute Gasteiger partial charge is 0.222 e. The lowest BCUT2D eigenvalue weighted by Gasteiger charge is -2.22. The average molecular weight is 418 g/mol. The Morgan fingerprint density at radius 2 is 2.14 bits per heavy atom. The molecular weight excluding hydrogens is 382 g/mol. The molecule has 10 heteroatoms. The molecule has 28 heavy (non-hydrogen) atoms. The van der Waals surface area contributed by atoms with Gasteiger partial charge in [0.05, 0.1) is 11.9 Å². The van der Waals surface area contributed by atoms with Gasteiger partial charge in [0, 0.05) is 52.3 Å². The van der Waals surface area contributed by atoms with Gasteiger partial charge in [-0.25, -0.2) is 13.1 Å². The van der Waals surface area contributed by atoms with E-state index in [1.54, 1.807) is 0 Å². The zero-order valence-electron chi connectivity index (χ0n) is 16.9. The number of carbonyl (C=O) groups is 1. The monoisotopic (exact) mass is 417 g/mol. The van der Waals surface area contributed by atoms with Gasteiger partial charge in [-0.1, -0.05) is 0 Å². The predicted octanol–water partition coefficient (Wildman–Crippen LogP) is 0.0425. The van der Waals surface area contributed by atoms with Gasteiger partial charge in [0.2, 0.25) is 15.9 Å². The summed E-state index contributed by atoms with van der Waals surface area (Å²) in [6.07, 6.45) is 5.42. The summed E-state index contributed by atoms with van der Waals surface area (Å²) >= 11 is 0.